The molecule has 6 nitrogen and oxygen atoms in total. The molecule has 0 saturated carbocycles. The van der Waals surface area contributed by atoms with E-state index in [1.807, 2.05) is 0 Å². The highest BCUT2D eigenvalue weighted by molar-refractivity contribution is 5.80. The number of benzene rings is 6. The molecule has 0 aromatic heterocycles. The summed E-state index contributed by atoms with van der Waals surface area (Å²) in [6, 6.07) is 48.4. The van der Waals surface area contributed by atoms with Gasteiger partial charge in [-0.3, -0.25) is 9.59 Å². The van der Waals surface area contributed by atoms with Gasteiger partial charge in [0.25, 0.3) is 0 Å². The van der Waals surface area contributed by atoms with E-state index in [9.17, 15) is 9.59 Å². The molecule has 0 amide bonds. The summed E-state index contributed by atoms with van der Waals surface area (Å²) in [5, 5.41) is 0. The lowest BCUT2D eigenvalue weighted by atomic mass is 9.52. The molecule has 6 unspecified atom stereocenters. The van der Waals surface area contributed by atoms with Crippen LogP contribution in [0.5, 0.6) is 0 Å². The molecule has 0 N–H and O–H groups in total. The average molecular weight is 955 g/mol. The fraction of sp³-hybridized carbons (Fsp3) is 0.424. The Bertz CT molecular complexity index is 3040. The van der Waals surface area contributed by atoms with Crippen molar-refractivity contribution in [3.63, 3.8) is 0 Å². The second-order valence-corrected chi connectivity index (χ2v) is 24.2. The summed E-state index contributed by atoms with van der Waals surface area (Å²) in [5.74, 6) is 0.217. The molecule has 6 aromatic carbocycles. The van der Waals surface area contributed by atoms with E-state index < -0.39 is 0 Å². The highest BCUT2D eigenvalue weighted by Crippen LogP contribution is 2.85. The minimum atomic E-state index is -0.211. The average Bonchev–Trinajstić information content (AvgIpc) is 4.26. The summed E-state index contributed by atoms with van der Waals surface area (Å²) < 4.78 is 23.5. The van der Waals surface area contributed by atoms with Crippen molar-refractivity contribution in [2.24, 2.45) is 22.7 Å². The Morgan fingerprint density at radius 1 is 0.375 bits per heavy atom. The standard InChI is InChI=1S/C58H50O2.2C4H8O2/c1-51-33-17-9-13-21-37(33)53(3)41-25-29-30(26-42(41)54(4,57(51,53)7)38-22-14-10-18-34(38)51)48-46-45(47(29)59-48)49-31-27-43-44(28-32(31)50(46)60-49)56(6)40-24-16-12-20-36(40)52(2)35-19-11-15-23-39(35)55(43,5)58(52,56)8;2*1-3-6-4(2)5/h9-28,45-50H,1-8H3;2*3H2,1-2H3/t45?,46?,47-,48+,49-,50+,51?,52?,53-,54+,55+,56-,57?,58?;;. The molecule has 366 valence electrons. The van der Waals surface area contributed by atoms with Gasteiger partial charge in [-0.15, -0.1) is 0 Å². The lowest BCUT2D eigenvalue weighted by molar-refractivity contribution is -0.141. The molecule has 10 aliphatic rings. The van der Waals surface area contributed by atoms with E-state index in [2.05, 4.69) is 186 Å². The SMILES string of the molecule is CC12c3ccccc3[C@@]3(C)c4cc5c(cc4[C@@](C)(c4ccccc41)C23C)[C@H]1O[C@@H]5C2C1[C@@H]1O[C@H]2c2cc3c(cc21)[C@]1(C)c2ccccc2C2(C)c4ccccc4[C@@]3(C)C21C.CCOC(C)=O.CCOC(C)=O. The molecule has 0 radical (unpaired) electrons. The van der Waals surface area contributed by atoms with Gasteiger partial charge in [0.15, 0.2) is 0 Å². The number of carbonyl (C=O) groups excluding carboxylic acids is 2. The number of esters is 2. The zero-order chi connectivity index (χ0) is 50.2. The second kappa shape index (κ2) is 13.7. The smallest absolute Gasteiger partial charge is 0.302 e. The van der Waals surface area contributed by atoms with Crippen molar-refractivity contribution in [1.29, 1.82) is 0 Å². The number of ether oxygens (including phenoxy) is 4. The van der Waals surface area contributed by atoms with Crippen molar-refractivity contribution in [1.82, 2.24) is 0 Å². The molecule has 4 heterocycles. The van der Waals surface area contributed by atoms with Crippen molar-refractivity contribution >= 4 is 11.9 Å². The van der Waals surface area contributed by atoms with E-state index >= 15 is 0 Å². The Labute approximate surface area is 424 Å². The highest BCUT2D eigenvalue weighted by atomic mass is 16.5. The fourth-order valence-corrected chi connectivity index (χ4v) is 19.8. The van der Waals surface area contributed by atoms with Crippen LogP contribution in [0.2, 0.25) is 0 Å². The number of rotatable bonds is 2. The van der Waals surface area contributed by atoms with Crippen LogP contribution in [0.15, 0.2) is 121 Å². The Kier molecular flexibility index (Phi) is 8.51. The van der Waals surface area contributed by atoms with Crippen molar-refractivity contribution in [2.75, 3.05) is 13.2 Å². The van der Waals surface area contributed by atoms with Gasteiger partial charge in [0, 0.05) is 69.0 Å². The van der Waals surface area contributed by atoms with Crippen LogP contribution in [-0.4, -0.2) is 25.2 Å². The molecule has 6 heteroatoms. The maximum absolute atomic E-state index is 9.82. The number of carbonyl (C=O) groups is 2. The Hall–Kier alpha value is -5.82. The summed E-state index contributed by atoms with van der Waals surface area (Å²) in [7, 11) is 0. The number of fused-ring (bicyclic) bond motifs is 33. The summed E-state index contributed by atoms with van der Waals surface area (Å²) in [6.07, 6.45) is 0.182. The summed E-state index contributed by atoms with van der Waals surface area (Å²) in [5.41, 5.74) is 23.0. The third-order valence-electron chi connectivity index (χ3n) is 23.0. The van der Waals surface area contributed by atoms with Crippen LogP contribution in [0.3, 0.4) is 0 Å². The van der Waals surface area contributed by atoms with Crippen molar-refractivity contribution < 1.29 is 28.5 Å². The normalized spacial score (nSPS) is 38.8. The van der Waals surface area contributed by atoms with Crippen LogP contribution in [0.1, 0.15) is 197 Å². The van der Waals surface area contributed by atoms with E-state index in [1.165, 1.54) is 103 Å². The van der Waals surface area contributed by atoms with Gasteiger partial charge in [-0.1, -0.05) is 177 Å². The molecular weight excluding hydrogens is 889 g/mol. The number of hydrogen-bond acceptors (Lipinski definition) is 6. The van der Waals surface area contributed by atoms with E-state index in [4.69, 9.17) is 9.47 Å². The van der Waals surface area contributed by atoms with E-state index in [-0.39, 0.29) is 79.7 Å². The fourth-order valence-electron chi connectivity index (χ4n) is 19.8. The molecule has 72 heavy (non-hydrogen) atoms. The monoisotopic (exact) mass is 954 g/mol. The molecule has 4 bridgehead atoms. The van der Waals surface area contributed by atoms with Gasteiger partial charge in [0.2, 0.25) is 0 Å². The third-order valence-corrected chi connectivity index (χ3v) is 23.0. The third kappa shape index (κ3) is 4.23. The minimum absolute atomic E-state index is 0.0454. The Morgan fingerprint density at radius 3 is 0.736 bits per heavy atom. The van der Waals surface area contributed by atoms with Gasteiger partial charge in [0.1, 0.15) is 0 Å². The predicted octanol–water partition coefficient (Wildman–Crippen LogP) is 13.5. The molecule has 6 aliphatic carbocycles. The lowest BCUT2D eigenvalue weighted by Gasteiger charge is -2.49. The molecule has 16 rings (SSSR count). The van der Waals surface area contributed by atoms with Crippen molar-refractivity contribution in [3.8, 4) is 0 Å². The summed E-state index contributed by atoms with van der Waals surface area (Å²) in [4.78, 5) is 19.6. The molecule has 6 aromatic rings. The zero-order valence-electron chi connectivity index (χ0n) is 43.9. The summed E-state index contributed by atoms with van der Waals surface area (Å²) >= 11 is 0. The van der Waals surface area contributed by atoms with E-state index in [0.717, 1.165) is 0 Å². The molecule has 4 aliphatic heterocycles. The largest absolute Gasteiger partial charge is 0.466 e. The van der Waals surface area contributed by atoms with Crippen molar-refractivity contribution in [3.05, 3.63) is 210 Å². The van der Waals surface area contributed by atoms with Gasteiger partial charge in [-0.25, -0.2) is 0 Å². The lowest BCUT2D eigenvalue weighted by Crippen LogP contribution is -2.51. The first kappa shape index (κ1) is 44.8. The first-order valence-electron chi connectivity index (χ1n) is 26.7. The van der Waals surface area contributed by atoms with Crippen LogP contribution < -0.4 is 0 Å². The van der Waals surface area contributed by atoms with Crippen molar-refractivity contribution in [2.45, 2.75) is 140 Å². The maximum atomic E-state index is 9.82. The van der Waals surface area contributed by atoms with Crippen LogP contribution >= 0.6 is 0 Å². The zero-order valence-corrected chi connectivity index (χ0v) is 43.9. The van der Waals surface area contributed by atoms with Gasteiger partial charge in [-0.2, -0.15) is 0 Å². The van der Waals surface area contributed by atoms with E-state index in [1.54, 1.807) is 13.8 Å². The topological polar surface area (TPSA) is 71.1 Å². The van der Waals surface area contributed by atoms with Gasteiger partial charge in [0.05, 0.1) is 37.6 Å². The highest BCUT2D eigenvalue weighted by Gasteiger charge is 2.82. The van der Waals surface area contributed by atoms with Gasteiger partial charge in [-0.05, 0) is 103 Å². The Morgan fingerprint density at radius 2 is 0.569 bits per heavy atom. The summed E-state index contributed by atoms with van der Waals surface area (Å²) in [6.45, 7) is 28.1. The van der Waals surface area contributed by atoms with Gasteiger partial charge < -0.3 is 18.9 Å². The first-order valence-corrected chi connectivity index (χ1v) is 26.7. The molecule has 14 atom stereocenters. The predicted molar refractivity (Wildman–Crippen MR) is 278 cm³/mol. The minimum Gasteiger partial charge on any atom is -0.466 e. The van der Waals surface area contributed by atoms with Gasteiger partial charge >= 0.3 is 11.9 Å². The Balaban J connectivity index is 0.000000363. The first-order chi connectivity index (χ1) is 34.3. The number of hydrogen-bond donors (Lipinski definition) is 0. The van der Waals surface area contributed by atoms with Crippen LogP contribution in [0, 0.1) is 22.7 Å². The quantitative estimate of drug-likeness (QED) is 0.161. The maximum Gasteiger partial charge on any atom is 0.302 e. The van der Waals surface area contributed by atoms with E-state index in [0.29, 0.717) is 25.0 Å². The van der Waals surface area contributed by atoms with Crippen LogP contribution in [-0.2, 0) is 61.0 Å². The van der Waals surface area contributed by atoms with Crippen LogP contribution in [0.25, 0.3) is 0 Å². The molecular formula is C66H66O6. The molecule has 0 spiro atoms. The second-order valence-electron chi connectivity index (χ2n) is 24.2. The molecule has 2 saturated heterocycles. The molecule has 2 fully saturated rings. The van der Waals surface area contributed by atoms with Crippen LogP contribution in [0.4, 0.5) is 0 Å².